The number of hydrogen-bond donors (Lipinski definition) is 1. The molecule has 1 aliphatic rings. The van der Waals surface area contributed by atoms with Crippen molar-refractivity contribution in [2.24, 2.45) is 0 Å². The SMILES string of the molecule is CCN1CCN(Cc2ccc(C(=O)Nc3ccc(C)cc3C)cc2)C(=O)C1=O. The largest absolute Gasteiger partial charge is 0.333 e. The molecular formula is C22H25N3O3. The van der Waals surface area contributed by atoms with Gasteiger partial charge in [-0.25, -0.2) is 0 Å². The Bertz CT molecular complexity index is 906. The molecular weight excluding hydrogens is 354 g/mol. The van der Waals surface area contributed by atoms with E-state index in [4.69, 9.17) is 0 Å². The smallest absolute Gasteiger partial charge is 0.312 e. The van der Waals surface area contributed by atoms with Crippen LogP contribution in [0.3, 0.4) is 0 Å². The molecule has 1 N–H and O–H groups in total. The van der Waals surface area contributed by atoms with Gasteiger partial charge in [-0.15, -0.1) is 0 Å². The zero-order chi connectivity index (χ0) is 20.3. The molecule has 1 aliphatic heterocycles. The van der Waals surface area contributed by atoms with E-state index in [9.17, 15) is 14.4 Å². The first-order chi connectivity index (χ1) is 13.4. The molecule has 6 heteroatoms. The molecule has 0 aliphatic carbocycles. The van der Waals surface area contributed by atoms with Gasteiger partial charge in [0, 0.05) is 37.4 Å². The van der Waals surface area contributed by atoms with Crippen LogP contribution in [-0.4, -0.2) is 47.2 Å². The van der Waals surface area contributed by atoms with E-state index in [0.717, 1.165) is 22.4 Å². The molecule has 2 aromatic carbocycles. The van der Waals surface area contributed by atoms with Crippen molar-refractivity contribution < 1.29 is 14.4 Å². The molecule has 146 valence electrons. The zero-order valence-corrected chi connectivity index (χ0v) is 16.5. The summed E-state index contributed by atoms with van der Waals surface area (Å²) in [5.74, 6) is -1.09. The van der Waals surface area contributed by atoms with E-state index in [1.165, 1.54) is 0 Å². The summed E-state index contributed by atoms with van der Waals surface area (Å²) in [4.78, 5) is 39.8. The number of aryl methyl sites for hydroxylation is 2. The van der Waals surface area contributed by atoms with Gasteiger partial charge in [0.15, 0.2) is 0 Å². The minimum Gasteiger partial charge on any atom is -0.333 e. The molecule has 1 fully saturated rings. The second-order valence-electron chi connectivity index (χ2n) is 7.08. The molecule has 6 nitrogen and oxygen atoms in total. The number of nitrogens with zero attached hydrogens (tertiary/aromatic N) is 2. The summed E-state index contributed by atoms with van der Waals surface area (Å²) in [6, 6.07) is 13.0. The van der Waals surface area contributed by atoms with Gasteiger partial charge in [-0.1, -0.05) is 29.8 Å². The minimum atomic E-state index is -0.468. The summed E-state index contributed by atoms with van der Waals surface area (Å²) < 4.78 is 0. The number of carbonyl (C=O) groups is 3. The van der Waals surface area contributed by atoms with Crippen molar-refractivity contribution >= 4 is 23.4 Å². The summed E-state index contributed by atoms with van der Waals surface area (Å²) >= 11 is 0. The summed E-state index contributed by atoms with van der Waals surface area (Å²) in [6.07, 6.45) is 0. The van der Waals surface area contributed by atoms with Gasteiger partial charge in [0.2, 0.25) is 0 Å². The summed E-state index contributed by atoms with van der Waals surface area (Å²) in [5, 5.41) is 2.93. The first-order valence-corrected chi connectivity index (χ1v) is 9.44. The quantitative estimate of drug-likeness (QED) is 0.812. The molecule has 0 aromatic heterocycles. The molecule has 0 unspecified atom stereocenters. The van der Waals surface area contributed by atoms with Crippen LogP contribution in [-0.2, 0) is 16.1 Å². The number of likely N-dealkylation sites (N-methyl/N-ethyl adjacent to an activating group) is 1. The second kappa shape index (κ2) is 8.25. The van der Waals surface area contributed by atoms with Crippen molar-refractivity contribution in [3.63, 3.8) is 0 Å². The Morgan fingerprint density at radius 3 is 2.25 bits per heavy atom. The lowest BCUT2D eigenvalue weighted by atomic mass is 10.1. The van der Waals surface area contributed by atoms with Crippen LogP contribution in [0.25, 0.3) is 0 Å². The molecule has 0 radical (unpaired) electrons. The molecule has 28 heavy (non-hydrogen) atoms. The van der Waals surface area contributed by atoms with Crippen LogP contribution in [0, 0.1) is 13.8 Å². The number of carbonyl (C=O) groups excluding carboxylic acids is 3. The van der Waals surface area contributed by atoms with E-state index in [1.54, 1.807) is 21.9 Å². The summed E-state index contributed by atoms with van der Waals surface area (Å²) in [7, 11) is 0. The molecule has 0 spiro atoms. The van der Waals surface area contributed by atoms with Crippen molar-refractivity contribution in [2.75, 3.05) is 25.0 Å². The third-order valence-corrected chi connectivity index (χ3v) is 5.00. The van der Waals surface area contributed by atoms with Gasteiger partial charge in [0.25, 0.3) is 5.91 Å². The van der Waals surface area contributed by atoms with Crippen molar-refractivity contribution in [1.29, 1.82) is 0 Å². The van der Waals surface area contributed by atoms with Crippen molar-refractivity contribution in [2.45, 2.75) is 27.3 Å². The lowest BCUT2D eigenvalue weighted by Crippen LogP contribution is -2.53. The van der Waals surface area contributed by atoms with Crippen LogP contribution in [0.2, 0.25) is 0 Å². The number of amides is 3. The average Bonchev–Trinajstić information content (AvgIpc) is 2.68. The van der Waals surface area contributed by atoms with Crippen LogP contribution in [0.15, 0.2) is 42.5 Å². The van der Waals surface area contributed by atoms with Gasteiger partial charge in [0.1, 0.15) is 0 Å². The van der Waals surface area contributed by atoms with Crippen molar-refractivity contribution in [3.8, 4) is 0 Å². The standard InChI is InChI=1S/C22H25N3O3/c1-4-24-11-12-25(22(28)21(24)27)14-17-6-8-18(9-7-17)20(26)23-19-10-5-15(2)13-16(19)3/h5-10,13H,4,11-12,14H2,1-3H3,(H,23,26). The fourth-order valence-corrected chi connectivity index (χ4v) is 3.30. The van der Waals surface area contributed by atoms with Gasteiger partial charge in [-0.3, -0.25) is 14.4 Å². The van der Waals surface area contributed by atoms with Gasteiger partial charge in [-0.2, -0.15) is 0 Å². The highest BCUT2D eigenvalue weighted by Gasteiger charge is 2.31. The van der Waals surface area contributed by atoms with Crippen LogP contribution in [0.5, 0.6) is 0 Å². The molecule has 3 rings (SSSR count). The molecule has 1 saturated heterocycles. The Kier molecular flexibility index (Phi) is 5.78. The van der Waals surface area contributed by atoms with Gasteiger partial charge < -0.3 is 15.1 Å². The number of hydrogen-bond acceptors (Lipinski definition) is 3. The number of rotatable bonds is 5. The van der Waals surface area contributed by atoms with Crippen LogP contribution < -0.4 is 5.32 Å². The monoisotopic (exact) mass is 379 g/mol. The van der Waals surface area contributed by atoms with E-state index >= 15 is 0 Å². The maximum Gasteiger partial charge on any atom is 0.312 e. The van der Waals surface area contributed by atoms with E-state index in [0.29, 0.717) is 31.7 Å². The molecule has 0 bridgehead atoms. The molecule has 3 amide bonds. The van der Waals surface area contributed by atoms with Gasteiger partial charge in [0.05, 0.1) is 0 Å². The van der Waals surface area contributed by atoms with E-state index in [1.807, 2.05) is 51.1 Å². The van der Waals surface area contributed by atoms with E-state index in [-0.39, 0.29) is 5.91 Å². The first-order valence-electron chi connectivity index (χ1n) is 9.44. The normalized spacial score (nSPS) is 14.4. The van der Waals surface area contributed by atoms with E-state index < -0.39 is 11.8 Å². The lowest BCUT2D eigenvalue weighted by Gasteiger charge is -2.33. The zero-order valence-electron chi connectivity index (χ0n) is 16.5. The highest BCUT2D eigenvalue weighted by atomic mass is 16.2. The predicted octanol–water partition coefficient (Wildman–Crippen LogP) is 2.75. The highest BCUT2D eigenvalue weighted by molar-refractivity contribution is 6.35. The number of anilines is 1. The molecule has 0 atom stereocenters. The molecule has 0 saturated carbocycles. The van der Waals surface area contributed by atoms with Crippen molar-refractivity contribution in [3.05, 3.63) is 64.7 Å². The topological polar surface area (TPSA) is 69.7 Å². The van der Waals surface area contributed by atoms with Gasteiger partial charge >= 0.3 is 11.8 Å². The Morgan fingerprint density at radius 1 is 0.964 bits per heavy atom. The summed E-state index contributed by atoms with van der Waals surface area (Å²) in [5.41, 5.74) is 4.38. The predicted molar refractivity (Wildman–Crippen MR) is 108 cm³/mol. The fraction of sp³-hybridized carbons (Fsp3) is 0.318. The Labute approximate surface area is 165 Å². The lowest BCUT2D eigenvalue weighted by molar-refractivity contribution is -0.156. The third kappa shape index (κ3) is 4.22. The molecule has 2 aromatic rings. The summed E-state index contributed by atoms with van der Waals surface area (Å²) in [6.45, 7) is 7.82. The minimum absolute atomic E-state index is 0.179. The third-order valence-electron chi connectivity index (χ3n) is 5.00. The number of benzene rings is 2. The second-order valence-corrected chi connectivity index (χ2v) is 7.08. The fourth-order valence-electron chi connectivity index (χ4n) is 3.30. The van der Waals surface area contributed by atoms with Crippen LogP contribution in [0.1, 0.15) is 34.0 Å². The maximum absolute atomic E-state index is 12.5. The Morgan fingerprint density at radius 2 is 1.61 bits per heavy atom. The van der Waals surface area contributed by atoms with Crippen LogP contribution >= 0.6 is 0 Å². The van der Waals surface area contributed by atoms with Crippen molar-refractivity contribution in [1.82, 2.24) is 9.80 Å². The van der Waals surface area contributed by atoms with E-state index in [2.05, 4.69) is 5.32 Å². The highest BCUT2D eigenvalue weighted by Crippen LogP contribution is 2.18. The number of piperazine rings is 1. The maximum atomic E-state index is 12.5. The Hall–Kier alpha value is -3.15. The van der Waals surface area contributed by atoms with Crippen LogP contribution in [0.4, 0.5) is 5.69 Å². The molecule has 1 heterocycles. The van der Waals surface area contributed by atoms with Gasteiger partial charge in [-0.05, 0) is 50.1 Å². The average molecular weight is 379 g/mol. The first kappa shape index (κ1) is 19.6. The number of nitrogens with one attached hydrogen (secondary N) is 1. The Balaban J connectivity index is 1.64.